The lowest BCUT2D eigenvalue weighted by molar-refractivity contribution is -0.146. The lowest BCUT2D eigenvalue weighted by Gasteiger charge is -2.19. The first-order valence-corrected chi connectivity index (χ1v) is 9.84. The molecule has 2 heterocycles. The number of hydrogen-bond donors (Lipinski definition) is 2. The van der Waals surface area contributed by atoms with Crippen LogP contribution in [0.1, 0.15) is 31.7 Å². The van der Waals surface area contributed by atoms with E-state index in [9.17, 15) is 9.59 Å². The van der Waals surface area contributed by atoms with Crippen LogP contribution in [0.15, 0.2) is 42.5 Å². The Hall–Kier alpha value is -3.49. The Labute approximate surface area is 174 Å². The van der Waals surface area contributed by atoms with Gasteiger partial charge in [0, 0.05) is 19.4 Å². The van der Waals surface area contributed by atoms with E-state index < -0.39 is 12.0 Å². The number of hydrogen-bond acceptors (Lipinski definition) is 7. The molecule has 0 bridgehead atoms. The second-order valence-electron chi connectivity index (χ2n) is 7.26. The van der Waals surface area contributed by atoms with Crippen LogP contribution in [-0.2, 0) is 27.3 Å². The highest BCUT2D eigenvalue weighted by atomic mass is 16.5. The van der Waals surface area contributed by atoms with Crippen molar-refractivity contribution >= 4 is 23.3 Å². The molecule has 9 heteroatoms. The molecule has 9 nitrogen and oxygen atoms in total. The fourth-order valence-corrected chi connectivity index (χ4v) is 2.97. The summed E-state index contributed by atoms with van der Waals surface area (Å²) in [4.78, 5) is 24.1. The van der Waals surface area contributed by atoms with Crippen LogP contribution in [0.5, 0.6) is 0 Å². The molecule has 158 valence electrons. The van der Waals surface area contributed by atoms with E-state index in [1.165, 1.54) is 7.11 Å². The van der Waals surface area contributed by atoms with Gasteiger partial charge in [0.15, 0.2) is 11.5 Å². The number of aryl methyl sites for hydroxylation is 1. The fourth-order valence-electron chi connectivity index (χ4n) is 2.97. The number of anilines is 1. The van der Waals surface area contributed by atoms with Crippen LogP contribution in [0.3, 0.4) is 0 Å². The predicted octanol–water partition coefficient (Wildman–Crippen LogP) is 1.98. The number of carbonyl (C=O) groups excluding carboxylic acids is 2. The summed E-state index contributed by atoms with van der Waals surface area (Å²) in [6, 6.07) is 13.0. The van der Waals surface area contributed by atoms with Gasteiger partial charge in [0.05, 0.1) is 7.11 Å². The number of benzene rings is 1. The van der Waals surface area contributed by atoms with Gasteiger partial charge in [-0.3, -0.25) is 4.79 Å². The molecule has 2 N–H and O–H groups in total. The van der Waals surface area contributed by atoms with Crippen LogP contribution in [-0.4, -0.2) is 44.8 Å². The van der Waals surface area contributed by atoms with Crippen molar-refractivity contribution in [3.8, 4) is 0 Å². The van der Waals surface area contributed by atoms with Gasteiger partial charge in [-0.05, 0) is 23.6 Å². The zero-order chi connectivity index (χ0) is 21.5. The van der Waals surface area contributed by atoms with Crippen LogP contribution in [0.4, 0.5) is 5.82 Å². The second kappa shape index (κ2) is 9.82. The minimum absolute atomic E-state index is 0.0739. The summed E-state index contributed by atoms with van der Waals surface area (Å²) in [7, 11) is 1.31. The van der Waals surface area contributed by atoms with Crippen LogP contribution < -0.4 is 10.6 Å². The number of methoxy groups -OCH3 is 1. The molecule has 3 rings (SSSR count). The van der Waals surface area contributed by atoms with E-state index in [0.29, 0.717) is 30.3 Å². The molecule has 0 aliphatic heterocycles. The average Bonchev–Trinajstić information content (AvgIpc) is 3.16. The van der Waals surface area contributed by atoms with E-state index in [4.69, 9.17) is 4.74 Å². The summed E-state index contributed by atoms with van der Waals surface area (Å²) in [5.74, 6) is 0.469. The number of aromatic nitrogens is 4. The number of ether oxygens (including phenoxy) is 1. The molecule has 0 radical (unpaired) electrons. The smallest absolute Gasteiger partial charge is 0.328 e. The lowest BCUT2D eigenvalue weighted by atomic mass is 10.0. The maximum atomic E-state index is 12.3. The van der Waals surface area contributed by atoms with Crippen LogP contribution in [0.25, 0.3) is 5.65 Å². The van der Waals surface area contributed by atoms with Crippen molar-refractivity contribution in [2.75, 3.05) is 12.4 Å². The summed E-state index contributed by atoms with van der Waals surface area (Å²) >= 11 is 0. The van der Waals surface area contributed by atoms with E-state index in [-0.39, 0.29) is 18.2 Å². The van der Waals surface area contributed by atoms with Crippen LogP contribution in [0.2, 0.25) is 0 Å². The SMILES string of the molecule is COC(=O)[C@@H](NC(=O)CCc1nnc2ccc(NCc3ccccc3)nn12)C(C)C. The Kier molecular flexibility index (Phi) is 6.95. The summed E-state index contributed by atoms with van der Waals surface area (Å²) in [6.07, 6.45) is 0.498. The van der Waals surface area contributed by atoms with Crippen molar-refractivity contribution < 1.29 is 14.3 Å². The number of nitrogens with zero attached hydrogens (tertiary/aromatic N) is 4. The van der Waals surface area contributed by atoms with E-state index in [1.807, 2.05) is 56.3 Å². The van der Waals surface area contributed by atoms with Gasteiger partial charge in [-0.15, -0.1) is 15.3 Å². The first kappa shape index (κ1) is 21.2. The van der Waals surface area contributed by atoms with Gasteiger partial charge >= 0.3 is 5.97 Å². The molecule has 30 heavy (non-hydrogen) atoms. The monoisotopic (exact) mass is 410 g/mol. The van der Waals surface area contributed by atoms with Crippen LogP contribution in [0, 0.1) is 5.92 Å². The normalized spacial score (nSPS) is 12.0. The molecule has 0 aliphatic carbocycles. The maximum Gasteiger partial charge on any atom is 0.328 e. The highest BCUT2D eigenvalue weighted by molar-refractivity contribution is 5.84. The summed E-state index contributed by atoms with van der Waals surface area (Å²) in [5.41, 5.74) is 1.75. The number of esters is 1. The Morgan fingerprint density at radius 3 is 2.57 bits per heavy atom. The molecule has 0 spiro atoms. The first-order valence-electron chi connectivity index (χ1n) is 9.84. The first-order chi connectivity index (χ1) is 14.5. The highest BCUT2D eigenvalue weighted by Gasteiger charge is 2.24. The van der Waals surface area contributed by atoms with Gasteiger partial charge < -0.3 is 15.4 Å². The van der Waals surface area contributed by atoms with Crippen molar-refractivity contribution in [2.45, 2.75) is 39.3 Å². The minimum Gasteiger partial charge on any atom is -0.467 e. The number of nitrogens with one attached hydrogen (secondary N) is 2. The predicted molar refractivity (Wildman–Crippen MR) is 112 cm³/mol. The minimum atomic E-state index is -0.676. The summed E-state index contributed by atoms with van der Waals surface area (Å²) < 4.78 is 6.38. The maximum absolute atomic E-state index is 12.3. The molecule has 0 saturated heterocycles. The molecule has 3 aromatic rings. The molecular weight excluding hydrogens is 384 g/mol. The van der Waals surface area contributed by atoms with E-state index in [0.717, 1.165) is 5.56 Å². The number of amides is 1. The topological polar surface area (TPSA) is 111 Å². The third-order valence-electron chi connectivity index (χ3n) is 4.66. The number of rotatable bonds is 9. The Morgan fingerprint density at radius 2 is 1.87 bits per heavy atom. The largest absolute Gasteiger partial charge is 0.467 e. The van der Waals surface area contributed by atoms with Crippen molar-refractivity contribution in [3.05, 3.63) is 53.9 Å². The van der Waals surface area contributed by atoms with Crippen molar-refractivity contribution in [2.24, 2.45) is 5.92 Å². The molecular formula is C21H26N6O3. The standard InChI is InChI=1S/C21H26N6O3/c1-14(2)20(21(29)30-3)23-19(28)12-11-18-25-24-17-10-9-16(26-27(17)18)22-13-15-7-5-4-6-8-15/h4-10,14,20H,11-13H2,1-3H3,(H,22,26)(H,23,28)/t20-/m0/s1. The molecule has 1 atom stereocenters. The molecule has 0 unspecified atom stereocenters. The van der Waals surface area contributed by atoms with Crippen molar-refractivity contribution in [1.82, 2.24) is 25.1 Å². The van der Waals surface area contributed by atoms with Gasteiger partial charge in [0.1, 0.15) is 11.9 Å². The Morgan fingerprint density at radius 1 is 1.10 bits per heavy atom. The second-order valence-corrected chi connectivity index (χ2v) is 7.26. The van der Waals surface area contributed by atoms with E-state index >= 15 is 0 Å². The highest BCUT2D eigenvalue weighted by Crippen LogP contribution is 2.11. The average molecular weight is 410 g/mol. The molecule has 1 amide bonds. The molecule has 0 fully saturated rings. The molecule has 1 aromatic carbocycles. The van der Waals surface area contributed by atoms with Crippen molar-refractivity contribution in [1.29, 1.82) is 0 Å². The van der Waals surface area contributed by atoms with Gasteiger partial charge in [-0.2, -0.15) is 4.52 Å². The molecule has 0 aliphatic rings. The summed E-state index contributed by atoms with van der Waals surface area (Å²) in [6.45, 7) is 4.34. The fraction of sp³-hybridized carbons (Fsp3) is 0.381. The van der Waals surface area contributed by atoms with Gasteiger partial charge in [0.25, 0.3) is 0 Å². The third-order valence-corrected chi connectivity index (χ3v) is 4.66. The molecule has 0 saturated carbocycles. The van der Waals surface area contributed by atoms with Gasteiger partial charge in [-0.25, -0.2) is 4.79 Å². The zero-order valence-electron chi connectivity index (χ0n) is 17.3. The van der Waals surface area contributed by atoms with Gasteiger partial charge in [-0.1, -0.05) is 44.2 Å². The van der Waals surface area contributed by atoms with Gasteiger partial charge in [0.2, 0.25) is 5.91 Å². The lowest BCUT2D eigenvalue weighted by Crippen LogP contribution is -2.45. The zero-order valence-corrected chi connectivity index (χ0v) is 17.3. The summed E-state index contributed by atoms with van der Waals surface area (Å²) in [5, 5.41) is 18.8. The third kappa shape index (κ3) is 5.31. The number of fused-ring (bicyclic) bond motifs is 1. The van der Waals surface area contributed by atoms with E-state index in [2.05, 4.69) is 25.9 Å². The molecule has 2 aromatic heterocycles. The number of carbonyl (C=O) groups is 2. The quantitative estimate of drug-likeness (QED) is 0.519. The van der Waals surface area contributed by atoms with Crippen LogP contribution >= 0.6 is 0 Å². The van der Waals surface area contributed by atoms with E-state index in [1.54, 1.807) is 4.52 Å². The Bertz CT molecular complexity index is 1000. The van der Waals surface area contributed by atoms with Crippen molar-refractivity contribution in [3.63, 3.8) is 0 Å². The Balaban J connectivity index is 1.63.